The molecule has 2 rings (SSSR count). The van der Waals surface area contributed by atoms with Crippen LogP contribution < -0.4 is 10.6 Å². The van der Waals surface area contributed by atoms with E-state index in [0.29, 0.717) is 6.54 Å². The van der Waals surface area contributed by atoms with Crippen LogP contribution in [0.15, 0.2) is 42.7 Å². The first-order chi connectivity index (χ1) is 10.1. The van der Waals surface area contributed by atoms with Gasteiger partial charge in [0.2, 0.25) is 5.91 Å². The van der Waals surface area contributed by atoms with Gasteiger partial charge in [0.25, 0.3) is 0 Å². The van der Waals surface area contributed by atoms with Crippen molar-refractivity contribution in [3.63, 3.8) is 0 Å². The van der Waals surface area contributed by atoms with Crippen LogP contribution in [-0.4, -0.2) is 24.5 Å². The third-order valence-corrected chi connectivity index (χ3v) is 3.47. The fourth-order valence-electron chi connectivity index (χ4n) is 2.14. The second-order valence-electron chi connectivity index (χ2n) is 5.21. The molecule has 21 heavy (non-hydrogen) atoms. The number of carbonyl (C=O) groups is 1. The molecule has 110 valence electrons. The van der Waals surface area contributed by atoms with Crippen molar-refractivity contribution in [2.24, 2.45) is 5.92 Å². The average Bonchev–Trinajstić information content (AvgIpc) is 2.50. The van der Waals surface area contributed by atoms with Gasteiger partial charge in [-0.05, 0) is 48.9 Å². The predicted octanol–water partition coefficient (Wildman–Crippen LogP) is 2.85. The number of aryl methyl sites for hydroxylation is 1. The van der Waals surface area contributed by atoms with Crippen molar-refractivity contribution < 1.29 is 4.79 Å². The summed E-state index contributed by atoms with van der Waals surface area (Å²) >= 11 is 0. The molecular formula is C17H21N3O. The van der Waals surface area contributed by atoms with Gasteiger partial charge >= 0.3 is 0 Å². The van der Waals surface area contributed by atoms with Crippen LogP contribution in [0.4, 0.5) is 5.69 Å². The van der Waals surface area contributed by atoms with Gasteiger partial charge in [-0.2, -0.15) is 0 Å². The lowest BCUT2D eigenvalue weighted by molar-refractivity contribution is -0.119. The molecule has 2 aromatic rings. The first-order valence-corrected chi connectivity index (χ1v) is 7.08. The number of hydrogen-bond acceptors (Lipinski definition) is 3. The summed E-state index contributed by atoms with van der Waals surface area (Å²) < 4.78 is 0. The Balaban J connectivity index is 2.22. The number of pyridine rings is 1. The van der Waals surface area contributed by atoms with Crippen LogP contribution >= 0.6 is 0 Å². The minimum absolute atomic E-state index is 0.0272. The molecule has 0 aliphatic rings. The van der Waals surface area contributed by atoms with Crippen molar-refractivity contribution in [3.05, 3.63) is 48.3 Å². The van der Waals surface area contributed by atoms with Gasteiger partial charge in [0, 0.05) is 30.5 Å². The number of nitrogens with one attached hydrogen (secondary N) is 2. The van der Waals surface area contributed by atoms with Crippen molar-refractivity contribution in [1.82, 2.24) is 10.3 Å². The maximum absolute atomic E-state index is 12.1. The third kappa shape index (κ3) is 3.89. The zero-order chi connectivity index (χ0) is 15.2. The Hall–Kier alpha value is -2.20. The molecule has 0 fully saturated rings. The van der Waals surface area contributed by atoms with E-state index in [1.165, 1.54) is 0 Å². The molecule has 2 N–H and O–H groups in total. The second-order valence-corrected chi connectivity index (χ2v) is 5.21. The van der Waals surface area contributed by atoms with Crippen LogP contribution in [0.3, 0.4) is 0 Å². The van der Waals surface area contributed by atoms with E-state index in [-0.39, 0.29) is 11.8 Å². The van der Waals surface area contributed by atoms with Crippen molar-refractivity contribution in [2.75, 3.05) is 18.9 Å². The molecule has 0 bridgehead atoms. The lowest BCUT2D eigenvalue weighted by Crippen LogP contribution is -2.28. The SMILES string of the molecule is CNCC(C)C(=O)Nc1cc(-c2ccncc2)ccc1C. The summed E-state index contributed by atoms with van der Waals surface area (Å²) in [5, 5.41) is 6.03. The Morgan fingerprint density at radius 1 is 1.19 bits per heavy atom. The standard InChI is InChI=1S/C17H21N3O/c1-12-4-5-15(14-6-8-19-9-7-14)10-16(12)20-17(21)13(2)11-18-3/h4-10,13,18H,11H2,1-3H3,(H,20,21). The largest absolute Gasteiger partial charge is 0.326 e. The predicted molar refractivity (Wildman–Crippen MR) is 86.1 cm³/mol. The molecule has 1 unspecified atom stereocenters. The van der Waals surface area contributed by atoms with Crippen molar-refractivity contribution >= 4 is 11.6 Å². The van der Waals surface area contributed by atoms with E-state index in [1.54, 1.807) is 12.4 Å². The van der Waals surface area contributed by atoms with Gasteiger partial charge in [-0.15, -0.1) is 0 Å². The van der Waals surface area contributed by atoms with Crippen LogP contribution in [0.25, 0.3) is 11.1 Å². The van der Waals surface area contributed by atoms with Crippen molar-refractivity contribution in [1.29, 1.82) is 0 Å². The molecule has 0 radical (unpaired) electrons. The van der Waals surface area contributed by atoms with E-state index in [2.05, 4.69) is 21.7 Å². The molecule has 1 aromatic carbocycles. The molecule has 0 spiro atoms. The fraction of sp³-hybridized carbons (Fsp3) is 0.294. The van der Waals surface area contributed by atoms with Gasteiger partial charge < -0.3 is 10.6 Å². The van der Waals surface area contributed by atoms with Crippen LogP contribution in [0.2, 0.25) is 0 Å². The Bertz CT molecular complexity index is 611. The Morgan fingerprint density at radius 2 is 1.90 bits per heavy atom. The maximum atomic E-state index is 12.1. The zero-order valence-electron chi connectivity index (χ0n) is 12.7. The smallest absolute Gasteiger partial charge is 0.228 e. The highest BCUT2D eigenvalue weighted by atomic mass is 16.1. The quantitative estimate of drug-likeness (QED) is 0.887. The van der Waals surface area contributed by atoms with E-state index in [9.17, 15) is 4.79 Å². The summed E-state index contributed by atoms with van der Waals surface area (Å²) in [7, 11) is 1.85. The van der Waals surface area contributed by atoms with Crippen molar-refractivity contribution in [3.8, 4) is 11.1 Å². The average molecular weight is 283 g/mol. The molecule has 0 aliphatic heterocycles. The zero-order valence-corrected chi connectivity index (χ0v) is 12.7. The second kappa shape index (κ2) is 6.99. The van der Waals surface area contributed by atoms with Gasteiger partial charge in [-0.1, -0.05) is 19.1 Å². The number of nitrogens with zero attached hydrogens (tertiary/aromatic N) is 1. The van der Waals surface area contributed by atoms with E-state index in [0.717, 1.165) is 22.4 Å². The molecule has 0 saturated heterocycles. The number of hydrogen-bond donors (Lipinski definition) is 2. The van der Waals surface area contributed by atoms with Gasteiger partial charge in [-0.3, -0.25) is 9.78 Å². The van der Waals surface area contributed by atoms with Gasteiger partial charge in [-0.25, -0.2) is 0 Å². The van der Waals surface area contributed by atoms with Crippen LogP contribution in [-0.2, 0) is 4.79 Å². The summed E-state index contributed by atoms with van der Waals surface area (Å²) in [4.78, 5) is 16.2. The summed E-state index contributed by atoms with van der Waals surface area (Å²) in [6.07, 6.45) is 3.53. The van der Waals surface area contributed by atoms with E-state index < -0.39 is 0 Å². The molecule has 0 saturated carbocycles. The van der Waals surface area contributed by atoms with E-state index in [4.69, 9.17) is 0 Å². The molecule has 1 heterocycles. The van der Waals surface area contributed by atoms with Crippen LogP contribution in [0, 0.1) is 12.8 Å². The normalized spacial score (nSPS) is 12.0. The lowest BCUT2D eigenvalue weighted by Gasteiger charge is -2.14. The summed E-state index contributed by atoms with van der Waals surface area (Å²) in [5.74, 6) is -0.0432. The molecule has 1 atom stereocenters. The minimum Gasteiger partial charge on any atom is -0.326 e. The first-order valence-electron chi connectivity index (χ1n) is 7.08. The van der Waals surface area contributed by atoms with Crippen LogP contribution in [0.1, 0.15) is 12.5 Å². The third-order valence-electron chi connectivity index (χ3n) is 3.47. The summed E-state index contributed by atoms with van der Waals surface area (Å²) in [5.41, 5.74) is 4.07. The fourth-order valence-corrected chi connectivity index (χ4v) is 2.14. The monoisotopic (exact) mass is 283 g/mol. The number of rotatable bonds is 5. The molecular weight excluding hydrogens is 262 g/mol. The highest BCUT2D eigenvalue weighted by Gasteiger charge is 2.13. The maximum Gasteiger partial charge on any atom is 0.228 e. The number of benzene rings is 1. The van der Waals surface area contributed by atoms with Gasteiger partial charge in [0.1, 0.15) is 0 Å². The highest BCUT2D eigenvalue weighted by molar-refractivity contribution is 5.94. The summed E-state index contributed by atoms with van der Waals surface area (Å²) in [6, 6.07) is 10.00. The number of carbonyl (C=O) groups excluding carboxylic acids is 1. The number of anilines is 1. The topological polar surface area (TPSA) is 54.0 Å². The first kappa shape index (κ1) is 15.2. The summed E-state index contributed by atoms with van der Waals surface area (Å²) in [6.45, 7) is 4.57. The van der Waals surface area contributed by atoms with E-state index >= 15 is 0 Å². The van der Waals surface area contributed by atoms with Crippen molar-refractivity contribution in [2.45, 2.75) is 13.8 Å². The highest BCUT2D eigenvalue weighted by Crippen LogP contribution is 2.25. The number of amides is 1. The number of aromatic nitrogens is 1. The van der Waals surface area contributed by atoms with Gasteiger partial charge in [0.05, 0.1) is 0 Å². The lowest BCUT2D eigenvalue weighted by atomic mass is 10.0. The van der Waals surface area contributed by atoms with Gasteiger partial charge in [0.15, 0.2) is 0 Å². The molecule has 1 amide bonds. The Morgan fingerprint density at radius 3 is 2.57 bits per heavy atom. The Labute approximate surface area is 125 Å². The Kier molecular flexibility index (Phi) is 5.06. The molecule has 4 heteroatoms. The molecule has 1 aromatic heterocycles. The molecule has 0 aliphatic carbocycles. The van der Waals surface area contributed by atoms with E-state index in [1.807, 2.05) is 45.2 Å². The van der Waals surface area contributed by atoms with Crippen LogP contribution in [0.5, 0.6) is 0 Å². The minimum atomic E-state index is -0.0704. The molecule has 4 nitrogen and oxygen atoms in total.